The molecule has 15 heavy (non-hydrogen) atoms. The molecular formula is C9H15F3N2O. The second kappa shape index (κ2) is 5.93. The summed E-state index contributed by atoms with van der Waals surface area (Å²) in [5.74, 6) is 0. The van der Waals surface area contributed by atoms with Crippen LogP contribution < -0.4 is 5.32 Å². The molecule has 0 amide bonds. The molecule has 0 aromatic rings. The van der Waals surface area contributed by atoms with Crippen LogP contribution in [0.2, 0.25) is 0 Å². The molecule has 0 spiro atoms. The molecule has 0 fully saturated rings. The molecule has 0 bridgehead atoms. The van der Waals surface area contributed by atoms with E-state index in [-0.39, 0.29) is 6.61 Å². The van der Waals surface area contributed by atoms with Gasteiger partial charge < -0.3 is 10.1 Å². The van der Waals surface area contributed by atoms with Gasteiger partial charge in [-0.25, -0.2) is 0 Å². The van der Waals surface area contributed by atoms with Crippen LogP contribution in [0.25, 0.3) is 0 Å². The molecule has 0 aliphatic rings. The minimum Gasteiger partial charge on any atom is -0.372 e. The molecule has 6 heteroatoms. The lowest BCUT2D eigenvalue weighted by Crippen LogP contribution is -2.38. The molecule has 1 unspecified atom stereocenters. The number of nitrogens with zero attached hydrogens (tertiary/aromatic N) is 1. The summed E-state index contributed by atoms with van der Waals surface area (Å²) in [6.07, 6.45) is -3.40. The van der Waals surface area contributed by atoms with Crippen molar-refractivity contribution in [2.45, 2.75) is 31.5 Å². The first-order valence-electron chi connectivity index (χ1n) is 4.58. The van der Waals surface area contributed by atoms with Crippen molar-refractivity contribution < 1.29 is 17.9 Å². The fourth-order valence-corrected chi connectivity index (χ4v) is 0.952. The van der Waals surface area contributed by atoms with E-state index >= 15 is 0 Å². The van der Waals surface area contributed by atoms with Gasteiger partial charge in [0.15, 0.2) is 0 Å². The monoisotopic (exact) mass is 224 g/mol. The first-order valence-corrected chi connectivity index (χ1v) is 4.58. The number of hydrogen-bond donors (Lipinski definition) is 1. The Morgan fingerprint density at radius 1 is 1.40 bits per heavy atom. The van der Waals surface area contributed by atoms with Crippen LogP contribution in [0.15, 0.2) is 0 Å². The zero-order chi connectivity index (χ0) is 11.9. The van der Waals surface area contributed by atoms with Crippen LogP contribution >= 0.6 is 0 Å². The predicted octanol–water partition coefficient (Wildman–Crippen LogP) is 1.85. The van der Waals surface area contributed by atoms with Crippen molar-refractivity contribution >= 4 is 0 Å². The molecule has 0 heterocycles. The summed E-state index contributed by atoms with van der Waals surface area (Å²) >= 11 is 0. The highest BCUT2D eigenvalue weighted by Crippen LogP contribution is 2.15. The highest BCUT2D eigenvalue weighted by molar-refractivity contribution is 5.02. The van der Waals surface area contributed by atoms with E-state index < -0.39 is 18.3 Å². The van der Waals surface area contributed by atoms with Crippen molar-refractivity contribution in [2.24, 2.45) is 0 Å². The van der Waals surface area contributed by atoms with Crippen molar-refractivity contribution in [1.82, 2.24) is 5.32 Å². The Balaban J connectivity index is 3.60. The van der Waals surface area contributed by atoms with Crippen LogP contribution in [0, 0.1) is 11.3 Å². The van der Waals surface area contributed by atoms with Crippen molar-refractivity contribution in [1.29, 1.82) is 5.26 Å². The topological polar surface area (TPSA) is 45.0 Å². The maximum absolute atomic E-state index is 11.7. The Kier molecular flexibility index (Phi) is 5.61. The largest absolute Gasteiger partial charge is 0.411 e. The second-order valence-corrected chi connectivity index (χ2v) is 3.47. The van der Waals surface area contributed by atoms with E-state index in [0.29, 0.717) is 12.8 Å². The van der Waals surface area contributed by atoms with E-state index in [4.69, 9.17) is 5.26 Å². The molecule has 3 nitrogen and oxygen atoms in total. The number of nitriles is 1. The number of hydrogen-bond acceptors (Lipinski definition) is 3. The average molecular weight is 224 g/mol. The van der Waals surface area contributed by atoms with Crippen molar-refractivity contribution in [2.75, 3.05) is 20.3 Å². The number of ether oxygens (including phenoxy) is 1. The summed E-state index contributed by atoms with van der Waals surface area (Å²) < 4.78 is 39.4. The van der Waals surface area contributed by atoms with Crippen LogP contribution in [-0.2, 0) is 4.74 Å². The lowest BCUT2D eigenvalue weighted by molar-refractivity contribution is -0.174. The number of halogens is 3. The van der Waals surface area contributed by atoms with Crippen molar-refractivity contribution in [3.8, 4) is 6.07 Å². The Bertz CT molecular complexity index is 224. The molecule has 0 saturated heterocycles. The van der Waals surface area contributed by atoms with Crippen molar-refractivity contribution in [3.63, 3.8) is 0 Å². The van der Waals surface area contributed by atoms with E-state index in [9.17, 15) is 13.2 Å². The van der Waals surface area contributed by atoms with Gasteiger partial charge in [0.05, 0.1) is 6.07 Å². The molecule has 0 aliphatic carbocycles. The lowest BCUT2D eigenvalue weighted by Gasteiger charge is -2.20. The van der Waals surface area contributed by atoms with Gasteiger partial charge in [0.2, 0.25) is 0 Å². The Hall–Kier alpha value is -0.800. The van der Waals surface area contributed by atoms with Crippen LogP contribution in [0.1, 0.15) is 19.8 Å². The quantitative estimate of drug-likeness (QED) is 0.700. The highest BCUT2D eigenvalue weighted by Gasteiger charge is 2.27. The summed E-state index contributed by atoms with van der Waals surface area (Å²) in [6.45, 7) is 0.477. The number of alkyl halides is 3. The first kappa shape index (κ1) is 14.2. The van der Waals surface area contributed by atoms with E-state index in [1.165, 1.54) is 0 Å². The Morgan fingerprint density at radius 3 is 2.40 bits per heavy atom. The third kappa shape index (κ3) is 7.17. The molecule has 0 saturated carbocycles. The maximum atomic E-state index is 11.7. The lowest BCUT2D eigenvalue weighted by atomic mass is 9.98. The van der Waals surface area contributed by atoms with Crippen LogP contribution in [0.5, 0.6) is 0 Å². The normalized spacial score (nSPS) is 15.7. The molecule has 0 rings (SSSR count). The molecule has 88 valence electrons. The first-order chi connectivity index (χ1) is 6.83. The molecule has 0 aliphatic heterocycles. The Labute approximate surface area is 87.2 Å². The zero-order valence-corrected chi connectivity index (χ0v) is 8.82. The number of rotatable bonds is 6. The molecule has 0 aromatic carbocycles. The van der Waals surface area contributed by atoms with Gasteiger partial charge in [0, 0.05) is 6.61 Å². The van der Waals surface area contributed by atoms with Gasteiger partial charge in [-0.3, -0.25) is 0 Å². The minimum atomic E-state index is -4.28. The summed E-state index contributed by atoms with van der Waals surface area (Å²) in [4.78, 5) is 0. The van der Waals surface area contributed by atoms with E-state index in [1.807, 2.05) is 6.07 Å². The third-order valence-corrected chi connectivity index (χ3v) is 2.03. The summed E-state index contributed by atoms with van der Waals surface area (Å²) in [5.41, 5.74) is -0.693. The fourth-order valence-electron chi connectivity index (χ4n) is 0.952. The van der Waals surface area contributed by atoms with Gasteiger partial charge in [0.1, 0.15) is 12.1 Å². The van der Waals surface area contributed by atoms with E-state index in [2.05, 4.69) is 10.1 Å². The highest BCUT2D eigenvalue weighted by atomic mass is 19.4. The number of nitrogens with one attached hydrogen (secondary N) is 1. The van der Waals surface area contributed by atoms with Crippen molar-refractivity contribution in [3.05, 3.63) is 0 Å². The summed E-state index contributed by atoms with van der Waals surface area (Å²) in [5, 5.41) is 11.5. The minimum absolute atomic E-state index is 0.0124. The van der Waals surface area contributed by atoms with Gasteiger partial charge >= 0.3 is 6.18 Å². The Morgan fingerprint density at radius 2 is 2.00 bits per heavy atom. The molecule has 0 radical (unpaired) electrons. The van der Waals surface area contributed by atoms with Gasteiger partial charge in [0.25, 0.3) is 0 Å². The predicted molar refractivity (Wildman–Crippen MR) is 49.2 cm³/mol. The second-order valence-electron chi connectivity index (χ2n) is 3.47. The van der Waals surface area contributed by atoms with Gasteiger partial charge in [-0.05, 0) is 26.8 Å². The molecule has 1 atom stereocenters. The van der Waals surface area contributed by atoms with E-state index in [0.717, 1.165) is 0 Å². The third-order valence-electron chi connectivity index (χ3n) is 2.03. The van der Waals surface area contributed by atoms with Gasteiger partial charge in [-0.15, -0.1) is 0 Å². The molecular weight excluding hydrogens is 209 g/mol. The average Bonchev–Trinajstić information content (AvgIpc) is 2.15. The maximum Gasteiger partial charge on any atom is 0.411 e. The zero-order valence-electron chi connectivity index (χ0n) is 8.82. The van der Waals surface area contributed by atoms with Gasteiger partial charge in [-0.2, -0.15) is 18.4 Å². The smallest absolute Gasteiger partial charge is 0.372 e. The van der Waals surface area contributed by atoms with Crippen LogP contribution in [0.3, 0.4) is 0 Å². The molecule has 0 aromatic heterocycles. The SMILES string of the molecule is CNC(C)(C#N)CCCOCC(F)(F)F. The van der Waals surface area contributed by atoms with Crippen LogP contribution in [-0.4, -0.2) is 32.0 Å². The van der Waals surface area contributed by atoms with Gasteiger partial charge in [-0.1, -0.05) is 0 Å². The van der Waals surface area contributed by atoms with E-state index in [1.54, 1.807) is 14.0 Å². The fraction of sp³-hybridized carbons (Fsp3) is 0.889. The van der Waals surface area contributed by atoms with Crippen LogP contribution in [0.4, 0.5) is 13.2 Å². The standard InChI is InChI=1S/C9H15F3N2O/c1-8(6-13,14-2)4-3-5-15-7-9(10,11)12/h14H,3-5,7H2,1-2H3. The summed E-state index contributed by atoms with van der Waals surface area (Å²) in [6, 6.07) is 2.05. The summed E-state index contributed by atoms with van der Waals surface area (Å²) in [7, 11) is 1.64. The molecule has 1 N–H and O–H groups in total.